The molecule has 0 aliphatic carbocycles. The first kappa shape index (κ1) is 24.5. The van der Waals surface area contributed by atoms with E-state index in [2.05, 4.69) is 26.1 Å². The summed E-state index contributed by atoms with van der Waals surface area (Å²) in [6, 6.07) is 10.1. The first-order valence-electron chi connectivity index (χ1n) is 10.6. The van der Waals surface area contributed by atoms with Gasteiger partial charge in [-0.05, 0) is 12.0 Å². The number of carboxylic acid groups (broad SMARTS) is 1. The molecule has 2 heterocycles. The van der Waals surface area contributed by atoms with Crippen LogP contribution in [0, 0.1) is 0 Å². The molecule has 0 radical (unpaired) electrons. The van der Waals surface area contributed by atoms with Crippen molar-refractivity contribution in [3.8, 4) is 0 Å². The van der Waals surface area contributed by atoms with Gasteiger partial charge < -0.3 is 25.0 Å². The van der Waals surface area contributed by atoms with Crippen LogP contribution in [0.15, 0.2) is 52.1 Å². The summed E-state index contributed by atoms with van der Waals surface area (Å²) in [4.78, 5) is 48.2. The third-order valence-corrected chi connectivity index (χ3v) is 4.67. The Labute approximate surface area is 195 Å². The van der Waals surface area contributed by atoms with Gasteiger partial charge in [0.1, 0.15) is 6.61 Å². The van der Waals surface area contributed by atoms with Crippen molar-refractivity contribution in [2.24, 2.45) is 4.99 Å². The predicted octanol–water partition coefficient (Wildman–Crippen LogP) is 0.715. The lowest BCUT2D eigenvalue weighted by molar-refractivity contribution is -0.207. The molecule has 2 amide bonds. The Hall–Kier alpha value is -4.13. The van der Waals surface area contributed by atoms with E-state index in [0.29, 0.717) is 36.1 Å². The van der Waals surface area contributed by atoms with Crippen LogP contribution in [-0.4, -0.2) is 71.2 Å². The highest BCUT2D eigenvalue weighted by Crippen LogP contribution is 2.19. The van der Waals surface area contributed by atoms with E-state index >= 15 is 0 Å². The van der Waals surface area contributed by atoms with Gasteiger partial charge in [0.05, 0.1) is 25.9 Å². The summed E-state index contributed by atoms with van der Waals surface area (Å²) in [5.41, 5.74) is -1.74. The van der Waals surface area contributed by atoms with E-state index in [1.54, 1.807) is 31.2 Å². The van der Waals surface area contributed by atoms with Gasteiger partial charge in [0.25, 0.3) is 5.66 Å². The average molecular weight is 474 g/mol. The third-order valence-electron chi connectivity index (χ3n) is 4.67. The molecule has 182 valence electrons. The maximum atomic E-state index is 13.2. The van der Waals surface area contributed by atoms with E-state index in [1.165, 1.54) is 12.3 Å². The second-order valence-electron chi connectivity index (χ2n) is 7.17. The van der Waals surface area contributed by atoms with E-state index < -0.39 is 30.2 Å². The maximum Gasteiger partial charge on any atom is 0.409 e. The summed E-state index contributed by atoms with van der Waals surface area (Å²) in [6.07, 6.45) is 0.602. The van der Waals surface area contributed by atoms with Gasteiger partial charge in [-0.25, -0.2) is 9.59 Å². The number of aliphatic carboxylic acids is 1. The summed E-state index contributed by atoms with van der Waals surface area (Å²) in [6.45, 7) is 2.18. The zero-order valence-electron chi connectivity index (χ0n) is 18.5. The number of ether oxygens (including phenoxy) is 1. The molecular formula is C21H26N6O7. The van der Waals surface area contributed by atoms with Gasteiger partial charge in [-0.15, -0.1) is 0 Å². The fourth-order valence-corrected chi connectivity index (χ4v) is 2.99. The maximum absolute atomic E-state index is 13.2. The lowest BCUT2D eigenvalue weighted by Gasteiger charge is -2.38. The number of guanidine groups is 1. The fourth-order valence-electron chi connectivity index (χ4n) is 2.99. The number of alkyl carbamates (subject to hydrolysis) is 1. The highest BCUT2D eigenvalue weighted by molar-refractivity contribution is 5.96. The number of aromatic nitrogens is 1. The monoisotopic (exact) mass is 474 g/mol. The van der Waals surface area contributed by atoms with Gasteiger partial charge in [0, 0.05) is 12.6 Å². The van der Waals surface area contributed by atoms with Crippen molar-refractivity contribution in [1.82, 2.24) is 26.2 Å². The molecule has 13 nitrogen and oxygen atoms in total. The lowest BCUT2D eigenvalue weighted by Crippen LogP contribution is -2.71. The zero-order chi connectivity index (χ0) is 24.4. The number of hydroxylamine groups is 2. The minimum absolute atomic E-state index is 0.0190. The Morgan fingerprint density at radius 1 is 1.26 bits per heavy atom. The molecule has 1 aliphatic rings. The number of carbonyl (C=O) groups excluding carboxylic acids is 2. The topological polar surface area (TPSA) is 168 Å². The fraction of sp³-hybridized carbons (Fsp3) is 0.381. The normalized spacial score (nSPS) is 14.3. The van der Waals surface area contributed by atoms with Gasteiger partial charge in [0.2, 0.25) is 5.76 Å². The Balaban J connectivity index is 1.90. The number of hydrogen-bond acceptors (Lipinski definition) is 10. The molecule has 0 saturated carbocycles. The predicted molar refractivity (Wildman–Crippen MR) is 117 cm³/mol. The smallest absolute Gasteiger partial charge is 0.409 e. The Morgan fingerprint density at radius 2 is 2.06 bits per heavy atom. The van der Waals surface area contributed by atoms with Gasteiger partial charge in [0.15, 0.2) is 5.96 Å². The van der Waals surface area contributed by atoms with E-state index in [0.717, 1.165) is 0 Å². The van der Waals surface area contributed by atoms with Crippen molar-refractivity contribution in [3.63, 3.8) is 0 Å². The SMILES string of the molecule is CCCON(C(=O)c1ccno1)C(CNC1=NCCN1)(NC(=O)OCc1ccccc1)C(=O)O. The molecule has 1 unspecified atom stereocenters. The standard InChI is InChI=1S/C21H26N6O7/c1-2-12-33-27(17(28)16-8-9-25-34-16)21(18(29)30,14-24-19-22-10-11-23-19)26-20(31)32-13-15-6-4-3-5-7-15/h3-9H,2,10-14H2,1H3,(H,26,31)(H,29,30)(H2,22,23,24). The van der Waals surface area contributed by atoms with Crippen LogP contribution < -0.4 is 16.0 Å². The van der Waals surface area contributed by atoms with E-state index in [4.69, 9.17) is 14.1 Å². The van der Waals surface area contributed by atoms with Crippen LogP contribution in [-0.2, 0) is 21.0 Å². The van der Waals surface area contributed by atoms with Gasteiger partial charge in [-0.2, -0.15) is 5.06 Å². The van der Waals surface area contributed by atoms with Crippen LogP contribution in [0.25, 0.3) is 0 Å². The molecule has 0 spiro atoms. The molecule has 34 heavy (non-hydrogen) atoms. The van der Waals surface area contributed by atoms with E-state index in [-0.39, 0.29) is 19.0 Å². The van der Waals surface area contributed by atoms with Gasteiger partial charge in [-0.1, -0.05) is 42.4 Å². The minimum atomic E-state index is -2.43. The Bertz CT molecular complexity index is 998. The minimum Gasteiger partial charge on any atom is -0.478 e. The summed E-state index contributed by atoms with van der Waals surface area (Å²) < 4.78 is 10.1. The van der Waals surface area contributed by atoms with Crippen LogP contribution in [0.5, 0.6) is 0 Å². The lowest BCUT2D eigenvalue weighted by atomic mass is 10.1. The molecule has 1 aliphatic heterocycles. The summed E-state index contributed by atoms with van der Waals surface area (Å²) in [5, 5.41) is 22.3. The number of benzene rings is 1. The Morgan fingerprint density at radius 3 is 2.68 bits per heavy atom. The van der Waals surface area contributed by atoms with Gasteiger partial charge in [-0.3, -0.25) is 19.9 Å². The molecule has 0 bridgehead atoms. The molecule has 2 aromatic rings. The van der Waals surface area contributed by atoms with Crippen molar-refractivity contribution in [1.29, 1.82) is 0 Å². The first-order valence-corrected chi connectivity index (χ1v) is 10.6. The number of amides is 2. The highest BCUT2D eigenvalue weighted by Gasteiger charge is 2.51. The number of nitrogens with one attached hydrogen (secondary N) is 3. The highest BCUT2D eigenvalue weighted by atomic mass is 16.7. The number of rotatable bonds is 11. The molecular weight excluding hydrogens is 448 g/mol. The second-order valence-corrected chi connectivity index (χ2v) is 7.17. The molecule has 0 fully saturated rings. The average Bonchev–Trinajstić information content (AvgIpc) is 3.56. The van der Waals surface area contributed by atoms with Crippen molar-refractivity contribution >= 4 is 23.9 Å². The molecule has 13 heteroatoms. The van der Waals surface area contributed by atoms with Crippen molar-refractivity contribution < 1.29 is 33.6 Å². The summed E-state index contributed by atoms with van der Waals surface area (Å²) in [7, 11) is 0. The number of aliphatic imine (C=N–C) groups is 1. The van der Waals surface area contributed by atoms with Crippen molar-refractivity contribution in [2.45, 2.75) is 25.6 Å². The van der Waals surface area contributed by atoms with Gasteiger partial charge >= 0.3 is 18.0 Å². The number of carboxylic acids is 1. The molecule has 1 atom stereocenters. The third kappa shape index (κ3) is 6.01. The van der Waals surface area contributed by atoms with Crippen LogP contribution in [0.3, 0.4) is 0 Å². The largest absolute Gasteiger partial charge is 0.478 e. The van der Waals surface area contributed by atoms with Crippen molar-refractivity contribution in [2.75, 3.05) is 26.2 Å². The Kier molecular flexibility index (Phi) is 8.40. The quantitative estimate of drug-likeness (QED) is 0.269. The first-order chi connectivity index (χ1) is 16.5. The van der Waals surface area contributed by atoms with Crippen molar-refractivity contribution in [3.05, 3.63) is 53.9 Å². The van der Waals surface area contributed by atoms with Crippen LogP contribution in [0.1, 0.15) is 29.5 Å². The van der Waals surface area contributed by atoms with Crippen LogP contribution in [0.2, 0.25) is 0 Å². The van der Waals surface area contributed by atoms with Crippen LogP contribution >= 0.6 is 0 Å². The number of nitrogens with zero attached hydrogens (tertiary/aromatic N) is 3. The summed E-state index contributed by atoms with van der Waals surface area (Å²) in [5.74, 6) is -2.51. The number of hydrogen-bond donors (Lipinski definition) is 4. The molecule has 0 saturated heterocycles. The van der Waals surface area contributed by atoms with Crippen LogP contribution in [0.4, 0.5) is 4.79 Å². The molecule has 1 aromatic heterocycles. The zero-order valence-corrected chi connectivity index (χ0v) is 18.5. The molecule has 3 rings (SSSR count). The van der Waals surface area contributed by atoms with E-state index in [1.807, 2.05) is 6.07 Å². The molecule has 4 N–H and O–H groups in total. The van der Waals surface area contributed by atoms with E-state index in [9.17, 15) is 19.5 Å². The molecule has 1 aromatic carbocycles. The second kappa shape index (κ2) is 11.7. The number of carbonyl (C=O) groups is 3. The summed E-state index contributed by atoms with van der Waals surface area (Å²) >= 11 is 0.